The average molecular weight is 357 g/mol. The molecule has 3 rings (SSSR count). The highest BCUT2D eigenvalue weighted by Gasteiger charge is 2.36. The molecule has 128 valence electrons. The number of hydrogen-bond acceptors (Lipinski definition) is 5. The van der Waals surface area contributed by atoms with Crippen LogP contribution in [0.15, 0.2) is 41.8 Å². The maximum Gasteiger partial charge on any atom is 0.262 e. The van der Waals surface area contributed by atoms with Crippen molar-refractivity contribution in [3.63, 3.8) is 0 Å². The van der Waals surface area contributed by atoms with Gasteiger partial charge in [-0.05, 0) is 23.6 Å². The number of nitrogens with zero attached hydrogens (tertiary/aromatic N) is 1. The van der Waals surface area contributed by atoms with Crippen LogP contribution in [0, 0.1) is 0 Å². The molecule has 0 bridgehead atoms. The summed E-state index contributed by atoms with van der Waals surface area (Å²) in [6.07, 6.45) is 0. The van der Waals surface area contributed by atoms with E-state index < -0.39 is 17.7 Å². The highest BCUT2D eigenvalue weighted by molar-refractivity contribution is 7.12. The third-order valence-corrected chi connectivity index (χ3v) is 4.53. The Kier molecular flexibility index (Phi) is 4.90. The minimum atomic E-state index is -0.471. The Morgan fingerprint density at radius 3 is 2.16 bits per heavy atom. The molecular formula is C17H15N3O4S. The second kappa shape index (κ2) is 7.27. The largest absolute Gasteiger partial charge is 0.353 e. The zero-order chi connectivity index (χ0) is 17.8. The number of amides is 4. The van der Waals surface area contributed by atoms with Gasteiger partial charge in [-0.3, -0.25) is 24.1 Å². The average Bonchev–Trinajstić information content (AvgIpc) is 3.23. The highest BCUT2D eigenvalue weighted by Crippen LogP contribution is 2.21. The summed E-state index contributed by atoms with van der Waals surface area (Å²) < 4.78 is 0. The lowest BCUT2D eigenvalue weighted by molar-refractivity contribution is -0.121. The summed E-state index contributed by atoms with van der Waals surface area (Å²) in [5, 5.41) is 7.06. The molecule has 25 heavy (non-hydrogen) atoms. The fourth-order valence-electron chi connectivity index (χ4n) is 2.46. The van der Waals surface area contributed by atoms with Crippen molar-refractivity contribution in [1.82, 2.24) is 15.5 Å². The van der Waals surface area contributed by atoms with Crippen LogP contribution in [0.5, 0.6) is 0 Å². The van der Waals surface area contributed by atoms with E-state index in [1.165, 1.54) is 11.3 Å². The quantitative estimate of drug-likeness (QED) is 0.593. The molecule has 4 amide bonds. The predicted molar refractivity (Wildman–Crippen MR) is 91.5 cm³/mol. The molecule has 0 radical (unpaired) electrons. The summed E-state index contributed by atoms with van der Waals surface area (Å²) in [4.78, 5) is 49.5. The molecule has 0 atom stereocenters. The molecule has 1 aliphatic rings. The minimum absolute atomic E-state index is 0.204. The van der Waals surface area contributed by atoms with Crippen LogP contribution in [-0.4, -0.2) is 48.2 Å². The maximum absolute atomic E-state index is 12.2. The van der Waals surface area contributed by atoms with Crippen LogP contribution in [0.2, 0.25) is 0 Å². The molecular weight excluding hydrogens is 342 g/mol. The number of carbonyl (C=O) groups is 4. The maximum atomic E-state index is 12.2. The zero-order valence-corrected chi connectivity index (χ0v) is 14.0. The Labute approximate surface area is 147 Å². The van der Waals surface area contributed by atoms with Crippen molar-refractivity contribution in [2.75, 3.05) is 19.6 Å². The van der Waals surface area contributed by atoms with Gasteiger partial charge in [-0.1, -0.05) is 18.2 Å². The Morgan fingerprint density at radius 2 is 1.56 bits per heavy atom. The molecule has 0 spiro atoms. The van der Waals surface area contributed by atoms with Crippen molar-refractivity contribution in [3.05, 3.63) is 57.8 Å². The van der Waals surface area contributed by atoms with Crippen LogP contribution in [0.25, 0.3) is 0 Å². The van der Waals surface area contributed by atoms with Crippen molar-refractivity contribution >= 4 is 35.0 Å². The van der Waals surface area contributed by atoms with Crippen LogP contribution in [0.1, 0.15) is 30.4 Å². The lowest BCUT2D eigenvalue weighted by atomic mass is 10.1. The van der Waals surface area contributed by atoms with Crippen molar-refractivity contribution in [1.29, 1.82) is 0 Å². The van der Waals surface area contributed by atoms with Crippen LogP contribution < -0.4 is 10.6 Å². The van der Waals surface area contributed by atoms with Gasteiger partial charge in [0.2, 0.25) is 5.91 Å². The number of nitrogens with one attached hydrogen (secondary N) is 2. The van der Waals surface area contributed by atoms with E-state index in [0.29, 0.717) is 16.0 Å². The normalized spacial score (nSPS) is 12.9. The van der Waals surface area contributed by atoms with Gasteiger partial charge in [-0.25, -0.2) is 0 Å². The Bertz CT molecular complexity index is 797. The minimum Gasteiger partial charge on any atom is -0.353 e. The van der Waals surface area contributed by atoms with E-state index in [9.17, 15) is 19.2 Å². The van der Waals surface area contributed by atoms with Crippen molar-refractivity contribution in [2.24, 2.45) is 0 Å². The fraction of sp³-hybridized carbons (Fsp3) is 0.176. The molecule has 0 aliphatic carbocycles. The van der Waals surface area contributed by atoms with Crippen LogP contribution in [0.4, 0.5) is 0 Å². The monoisotopic (exact) mass is 357 g/mol. The molecule has 2 N–H and O–H groups in total. The molecule has 8 heteroatoms. The molecule has 0 saturated carbocycles. The number of carbonyl (C=O) groups excluding carboxylic acids is 4. The van der Waals surface area contributed by atoms with Crippen LogP contribution >= 0.6 is 11.3 Å². The van der Waals surface area contributed by atoms with E-state index in [1.807, 2.05) is 0 Å². The molecule has 0 fully saturated rings. The lowest BCUT2D eigenvalue weighted by Crippen LogP contribution is -2.42. The number of hydrogen-bond donors (Lipinski definition) is 2. The summed E-state index contributed by atoms with van der Waals surface area (Å²) in [7, 11) is 0. The second-order valence-electron chi connectivity index (χ2n) is 5.33. The van der Waals surface area contributed by atoms with E-state index in [1.54, 1.807) is 41.8 Å². The third-order valence-electron chi connectivity index (χ3n) is 3.66. The van der Waals surface area contributed by atoms with Gasteiger partial charge in [-0.15, -0.1) is 11.3 Å². The summed E-state index contributed by atoms with van der Waals surface area (Å²) >= 11 is 1.33. The van der Waals surface area contributed by atoms with E-state index in [2.05, 4.69) is 10.6 Å². The number of benzene rings is 1. The molecule has 1 aromatic carbocycles. The predicted octanol–water partition coefficient (Wildman–Crippen LogP) is 0.890. The van der Waals surface area contributed by atoms with E-state index >= 15 is 0 Å². The smallest absolute Gasteiger partial charge is 0.262 e. The van der Waals surface area contributed by atoms with Gasteiger partial charge in [0.15, 0.2) is 0 Å². The van der Waals surface area contributed by atoms with Gasteiger partial charge in [0.25, 0.3) is 17.7 Å². The van der Waals surface area contributed by atoms with Crippen molar-refractivity contribution in [2.45, 2.75) is 0 Å². The van der Waals surface area contributed by atoms with E-state index in [0.717, 1.165) is 4.90 Å². The molecule has 2 heterocycles. The van der Waals surface area contributed by atoms with Gasteiger partial charge in [0, 0.05) is 13.1 Å². The Hall–Kier alpha value is -3.00. The summed E-state index contributed by atoms with van der Waals surface area (Å²) in [5.74, 6) is -1.60. The SMILES string of the molecule is O=C(CN1C(=O)c2ccccc2C1=O)NCCNC(=O)c1cccs1. The van der Waals surface area contributed by atoms with E-state index in [-0.39, 0.29) is 25.5 Å². The first-order valence-corrected chi connectivity index (χ1v) is 8.49. The standard InChI is InChI=1S/C17H15N3O4S/c21-14(18-7-8-19-15(22)13-6-3-9-25-13)10-20-16(23)11-4-1-2-5-12(11)17(20)24/h1-6,9H,7-8,10H2,(H,18,21)(H,19,22). The third kappa shape index (κ3) is 3.58. The van der Waals surface area contributed by atoms with Gasteiger partial charge >= 0.3 is 0 Å². The molecule has 0 saturated heterocycles. The highest BCUT2D eigenvalue weighted by atomic mass is 32.1. The molecule has 7 nitrogen and oxygen atoms in total. The van der Waals surface area contributed by atoms with Gasteiger partial charge in [0.1, 0.15) is 6.54 Å². The number of fused-ring (bicyclic) bond motifs is 1. The molecule has 1 aliphatic heterocycles. The summed E-state index contributed by atoms with van der Waals surface area (Å²) in [5.41, 5.74) is 0.618. The van der Waals surface area contributed by atoms with Gasteiger partial charge in [0.05, 0.1) is 16.0 Å². The second-order valence-corrected chi connectivity index (χ2v) is 6.27. The zero-order valence-electron chi connectivity index (χ0n) is 13.2. The van der Waals surface area contributed by atoms with E-state index in [4.69, 9.17) is 0 Å². The van der Waals surface area contributed by atoms with Crippen LogP contribution in [0.3, 0.4) is 0 Å². The van der Waals surface area contributed by atoms with Crippen LogP contribution in [-0.2, 0) is 4.79 Å². The first-order chi connectivity index (χ1) is 12.1. The lowest BCUT2D eigenvalue weighted by Gasteiger charge is -2.13. The number of thiophene rings is 1. The number of rotatable bonds is 6. The number of imide groups is 1. The van der Waals surface area contributed by atoms with Crippen molar-refractivity contribution < 1.29 is 19.2 Å². The summed E-state index contributed by atoms with van der Waals surface area (Å²) in [6, 6.07) is 9.96. The van der Waals surface area contributed by atoms with Gasteiger partial charge in [-0.2, -0.15) is 0 Å². The van der Waals surface area contributed by atoms with Gasteiger partial charge < -0.3 is 10.6 Å². The first kappa shape index (κ1) is 16.8. The Balaban J connectivity index is 1.45. The topological polar surface area (TPSA) is 95.6 Å². The first-order valence-electron chi connectivity index (χ1n) is 7.61. The summed E-state index contributed by atoms with van der Waals surface area (Å²) in [6.45, 7) is 0.120. The Morgan fingerprint density at radius 1 is 0.920 bits per heavy atom. The molecule has 1 aromatic heterocycles. The fourth-order valence-corrected chi connectivity index (χ4v) is 3.10. The van der Waals surface area contributed by atoms with Crippen molar-refractivity contribution in [3.8, 4) is 0 Å². The molecule has 0 unspecified atom stereocenters. The molecule has 2 aromatic rings.